The Morgan fingerprint density at radius 3 is 1.75 bits per heavy atom. The minimum absolute atomic E-state index is 0.833. The van der Waals surface area contributed by atoms with Crippen LogP contribution in [0.25, 0.3) is 0 Å². The Hall–Kier alpha value is -0.0800. The molecule has 0 rings (SSSR count). The van der Waals surface area contributed by atoms with Gasteiger partial charge in [0.25, 0.3) is 0 Å². The fourth-order valence-electron chi connectivity index (χ4n) is 1.21. The van der Waals surface area contributed by atoms with Crippen LogP contribution in [0.2, 0.25) is 0 Å². The molecule has 0 saturated carbocycles. The summed E-state index contributed by atoms with van der Waals surface area (Å²) in [5.74, 6) is 0.833. The van der Waals surface area contributed by atoms with Crippen LogP contribution in [0.4, 0.5) is 0 Å². The van der Waals surface area contributed by atoms with E-state index >= 15 is 0 Å². The van der Waals surface area contributed by atoms with Crippen molar-refractivity contribution in [3.8, 4) is 0 Å². The zero-order valence-corrected chi connectivity index (χ0v) is 12.2. The number of unbranched alkanes of at least 4 members (excludes halogenated alkanes) is 3. The van der Waals surface area contributed by atoms with Crippen LogP contribution in [0.3, 0.4) is 0 Å². The van der Waals surface area contributed by atoms with Crippen LogP contribution < -0.4 is 10.6 Å². The molecule has 2 heteroatoms. The van der Waals surface area contributed by atoms with Gasteiger partial charge in [0.2, 0.25) is 0 Å². The summed E-state index contributed by atoms with van der Waals surface area (Å²) in [6, 6.07) is 0. The standard InChI is InChI=1S/C10H24N2.C4H10/c1-3-8-12-10-7-5-4-6-9-11-2;1-4(2)3/h11-12H,3-10H2,1-2H3;4H,1-3H3. The molecule has 0 bridgehead atoms. The first-order chi connectivity index (χ1) is 7.65. The number of rotatable bonds is 9. The van der Waals surface area contributed by atoms with Crippen LogP contribution in [0, 0.1) is 5.92 Å². The maximum Gasteiger partial charge on any atom is -0.00489 e. The van der Waals surface area contributed by atoms with Crippen molar-refractivity contribution in [2.24, 2.45) is 5.92 Å². The molecule has 100 valence electrons. The normalized spacial score (nSPS) is 10.1. The maximum absolute atomic E-state index is 3.41. The fraction of sp³-hybridized carbons (Fsp3) is 1.00. The molecule has 0 saturated heterocycles. The molecule has 0 aliphatic heterocycles. The first-order valence-electron chi connectivity index (χ1n) is 7.00. The fourth-order valence-corrected chi connectivity index (χ4v) is 1.21. The third kappa shape index (κ3) is 29.2. The lowest BCUT2D eigenvalue weighted by atomic mass is 10.2. The third-order valence-corrected chi connectivity index (χ3v) is 1.96. The second-order valence-electron chi connectivity index (χ2n) is 5.00. The second-order valence-corrected chi connectivity index (χ2v) is 5.00. The van der Waals surface area contributed by atoms with E-state index in [1.807, 2.05) is 7.05 Å². The molecule has 16 heavy (non-hydrogen) atoms. The molecule has 0 radical (unpaired) electrons. The topological polar surface area (TPSA) is 24.1 Å². The highest BCUT2D eigenvalue weighted by Crippen LogP contribution is 1.97. The van der Waals surface area contributed by atoms with E-state index in [9.17, 15) is 0 Å². The quantitative estimate of drug-likeness (QED) is 0.593. The van der Waals surface area contributed by atoms with Gasteiger partial charge in [-0.1, -0.05) is 40.5 Å². The summed E-state index contributed by atoms with van der Waals surface area (Å²) in [4.78, 5) is 0. The summed E-state index contributed by atoms with van der Waals surface area (Å²) >= 11 is 0. The Bertz CT molecular complexity index is 90.2. The predicted molar refractivity (Wildman–Crippen MR) is 76.1 cm³/mol. The minimum Gasteiger partial charge on any atom is -0.320 e. The molecule has 0 aromatic heterocycles. The van der Waals surface area contributed by atoms with Crippen molar-refractivity contribution < 1.29 is 0 Å². The summed E-state index contributed by atoms with van der Waals surface area (Å²) in [6.07, 6.45) is 6.65. The van der Waals surface area contributed by atoms with Gasteiger partial charge in [-0.3, -0.25) is 0 Å². The zero-order valence-electron chi connectivity index (χ0n) is 12.2. The molecular weight excluding hydrogens is 196 g/mol. The van der Waals surface area contributed by atoms with Crippen LogP contribution in [0.1, 0.15) is 59.8 Å². The SMILES string of the molecule is CC(C)C.CCCNCCCCCCNC. The molecule has 0 aromatic rings. The van der Waals surface area contributed by atoms with Crippen LogP contribution in [0.15, 0.2) is 0 Å². The van der Waals surface area contributed by atoms with Crippen molar-refractivity contribution in [3.05, 3.63) is 0 Å². The first kappa shape index (κ1) is 18.3. The van der Waals surface area contributed by atoms with Crippen LogP contribution in [-0.2, 0) is 0 Å². The Morgan fingerprint density at radius 2 is 1.31 bits per heavy atom. The molecule has 0 amide bonds. The van der Waals surface area contributed by atoms with Crippen molar-refractivity contribution in [1.82, 2.24) is 10.6 Å². The van der Waals surface area contributed by atoms with Gasteiger partial charge < -0.3 is 10.6 Å². The molecule has 2 N–H and O–H groups in total. The summed E-state index contributed by atoms with van der Waals surface area (Å²) in [6.45, 7) is 12.3. The van der Waals surface area contributed by atoms with Crippen LogP contribution >= 0.6 is 0 Å². The Balaban J connectivity index is 0. The van der Waals surface area contributed by atoms with Gasteiger partial charge in [0, 0.05) is 0 Å². The lowest BCUT2D eigenvalue weighted by Crippen LogP contribution is -2.15. The average Bonchev–Trinajstić information content (AvgIpc) is 2.21. The summed E-state index contributed by atoms with van der Waals surface area (Å²) in [7, 11) is 2.02. The van der Waals surface area contributed by atoms with Gasteiger partial charge in [0.15, 0.2) is 0 Å². The third-order valence-electron chi connectivity index (χ3n) is 1.96. The summed E-state index contributed by atoms with van der Waals surface area (Å²) in [5, 5.41) is 6.57. The molecule has 0 fully saturated rings. The van der Waals surface area contributed by atoms with Crippen LogP contribution in [-0.4, -0.2) is 26.7 Å². The van der Waals surface area contributed by atoms with Gasteiger partial charge in [-0.2, -0.15) is 0 Å². The van der Waals surface area contributed by atoms with Crippen molar-refractivity contribution in [2.75, 3.05) is 26.7 Å². The molecule has 2 nitrogen and oxygen atoms in total. The first-order valence-corrected chi connectivity index (χ1v) is 7.00. The van der Waals surface area contributed by atoms with Gasteiger partial charge in [0.1, 0.15) is 0 Å². The van der Waals surface area contributed by atoms with E-state index in [-0.39, 0.29) is 0 Å². The minimum atomic E-state index is 0.833. The number of nitrogens with one attached hydrogen (secondary N) is 2. The Morgan fingerprint density at radius 1 is 0.812 bits per heavy atom. The highest BCUT2D eigenvalue weighted by atomic mass is 14.8. The van der Waals surface area contributed by atoms with Gasteiger partial charge in [-0.05, 0) is 51.9 Å². The molecule has 0 spiro atoms. The molecule has 0 unspecified atom stereocenters. The van der Waals surface area contributed by atoms with E-state index in [1.165, 1.54) is 51.7 Å². The van der Waals surface area contributed by atoms with Gasteiger partial charge in [0.05, 0.1) is 0 Å². The highest BCUT2D eigenvalue weighted by Gasteiger charge is 1.88. The van der Waals surface area contributed by atoms with Gasteiger partial charge in [-0.25, -0.2) is 0 Å². The smallest absolute Gasteiger partial charge is 0.00489 e. The van der Waals surface area contributed by atoms with Crippen molar-refractivity contribution >= 4 is 0 Å². The van der Waals surface area contributed by atoms with Crippen molar-refractivity contribution in [2.45, 2.75) is 59.8 Å². The van der Waals surface area contributed by atoms with E-state index in [4.69, 9.17) is 0 Å². The average molecular weight is 230 g/mol. The number of hydrogen-bond acceptors (Lipinski definition) is 2. The number of hydrogen-bond donors (Lipinski definition) is 2. The Kier molecular flexibility index (Phi) is 19.8. The summed E-state index contributed by atoms with van der Waals surface area (Å²) in [5.41, 5.74) is 0. The van der Waals surface area contributed by atoms with E-state index in [0.717, 1.165) is 5.92 Å². The van der Waals surface area contributed by atoms with Crippen molar-refractivity contribution in [3.63, 3.8) is 0 Å². The highest BCUT2D eigenvalue weighted by molar-refractivity contribution is 4.49. The second kappa shape index (κ2) is 17.3. The zero-order chi connectivity index (χ0) is 12.6. The van der Waals surface area contributed by atoms with Gasteiger partial charge >= 0.3 is 0 Å². The molecule has 0 heterocycles. The van der Waals surface area contributed by atoms with Crippen LogP contribution in [0.5, 0.6) is 0 Å². The molecule has 0 aromatic carbocycles. The maximum atomic E-state index is 3.41. The lowest BCUT2D eigenvalue weighted by molar-refractivity contribution is 0.576. The molecular formula is C14H34N2. The van der Waals surface area contributed by atoms with Crippen molar-refractivity contribution in [1.29, 1.82) is 0 Å². The Labute approximate surface area is 104 Å². The molecule has 0 aliphatic rings. The molecule has 0 atom stereocenters. The molecule has 0 aliphatic carbocycles. The monoisotopic (exact) mass is 230 g/mol. The van der Waals surface area contributed by atoms with E-state index < -0.39 is 0 Å². The van der Waals surface area contributed by atoms with E-state index in [0.29, 0.717) is 0 Å². The lowest BCUT2D eigenvalue weighted by Gasteiger charge is -2.02. The largest absolute Gasteiger partial charge is 0.320 e. The van der Waals surface area contributed by atoms with Gasteiger partial charge in [-0.15, -0.1) is 0 Å². The summed E-state index contributed by atoms with van der Waals surface area (Å²) < 4.78 is 0. The van der Waals surface area contributed by atoms with E-state index in [1.54, 1.807) is 0 Å². The van der Waals surface area contributed by atoms with E-state index in [2.05, 4.69) is 38.3 Å². The predicted octanol–water partition coefficient (Wildman–Crippen LogP) is 3.43.